The molecule has 2 aliphatic rings. The standard InChI is InChI=1S/C19H26N2O3/c20-10-13-6-8-15(9-7-13)18(22)21-11-16(17(12-21)19(23)24)14-4-2-1-3-5-14/h1-5,13,15-17H,6-12,20H2,(H,23,24)/t13?,15?,16-,17+/m0/s1. The number of hydrogen-bond donors (Lipinski definition) is 2. The van der Waals surface area contributed by atoms with Gasteiger partial charge in [0.05, 0.1) is 5.92 Å². The molecule has 1 aromatic rings. The lowest BCUT2D eigenvalue weighted by atomic mass is 9.81. The summed E-state index contributed by atoms with van der Waals surface area (Å²) in [5, 5.41) is 9.57. The molecule has 1 aliphatic heterocycles. The van der Waals surface area contributed by atoms with Crippen molar-refractivity contribution < 1.29 is 14.7 Å². The molecule has 2 fully saturated rings. The number of likely N-dealkylation sites (tertiary alicyclic amines) is 1. The minimum atomic E-state index is -0.814. The fourth-order valence-corrected chi connectivity index (χ4v) is 4.18. The van der Waals surface area contributed by atoms with E-state index in [1.807, 2.05) is 30.3 Å². The molecule has 1 aliphatic carbocycles. The predicted octanol–water partition coefficient (Wildman–Crippen LogP) is 2.08. The average Bonchev–Trinajstić information content (AvgIpc) is 3.07. The van der Waals surface area contributed by atoms with Crippen LogP contribution in [0.25, 0.3) is 0 Å². The van der Waals surface area contributed by atoms with E-state index < -0.39 is 11.9 Å². The zero-order valence-corrected chi connectivity index (χ0v) is 13.9. The molecule has 0 aromatic heterocycles. The van der Waals surface area contributed by atoms with Crippen molar-refractivity contribution in [2.45, 2.75) is 31.6 Å². The Morgan fingerprint density at radius 2 is 1.75 bits per heavy atom. The largest absolute Gasteiger partial charge is 0.481 e. The maximum Gasteiger partial charge on any atom is 0.308 e. The highest BCUT2D eigenvalue weighted by Crippen LogP contribution is 2.36. The zero-order valence-electron chi connectivity index (χ0n) is 13.9. The third kappa shape index (κ3) is 3.46. The third-order valence-electron chi connectivity index (χ3n) is 5.71. The van der Waals surface area contributed by atoms with Crippen LogP contribution in [0.5, 0.6) is 0 Å². The highest BCUT2D eigenvalue weighted by atomic mass is 16.4. The van der Waals surface area contributed by atoms with Crippen LogP contribution in [0.2, 0.25) is 0 Å². The summed E-state index contributed by atoms with van der Waals surface area (Å²) in [7, 11) is 0. The summed E-state index contributed by atoms with van der Waals surface area (Å²) in [6.45, 7) is 1.53. The van der Waals surface area contributed by atoms with Gasteiger partial charge in [0.2, 0.25) is 5.91 Å². The lowest BCUT2D eigenvalue weighted by Crippen LogP contribution is -2.37. The first-order valence-electron chi connectivity index (χ1n) is 8.86. The Labute approximate surface area is 142 Å². The van der Waals surface area contributed by atoms with Gasteiger partial charge in [0.15, 0.2) is 0 Å². The molecule has 130 valence electrons. The van der Waals surface area contributed by atoms with Gasteiger partial charge in [0.1, 0.15) is 0 Å². The van der Waals surface area contributed by atoms with Gasteiger partial charge in [-0.3, -0.25) is 9.59 Å². The molecule has 0 bridgehead atoms. The molecule has 1 heterocycles. The van der Waals surface area contributed by atoms with E-state index in [9.17, 15) is 14.7 Å². The molecule has 3 rings (SSSR count). The van der Waals surface area contributed by atoms with Gasteiger partial charge in [-0.05, 0) is 43.7 Å². The van der Waals surface area contributed by atoms with Crippen LogP contribution < -0.4 is 5.73 Å². The molecule has 1 saturated heterocycles. The van der Waals surface area contributed by atoms with E-state index in [-0.39, 0.29) is 17.7 Å². The highest BCUT2D eigenvalue weighted by Gasteiger charge is 2.42. The Hall–Kier alpha value is -1.88. The fourth-order valence-electron chi connectivity index (χ4n) is 4.18. The molecule has 2 atom stereocenters. The molecular weight excluding hydrogens is 304 g/mol. The van der Waals surface area contributed by atoms with Crippen molar-refractivity contribution in [2.24, 2.45) is 23.5 Å². The number of carbonyl (C=O) groups excluding carboxylic acids is 1. The van der Waals surface area contributed by atoms with Crippen molar-refractivity contribution in [1.29, 1.82) is 0 Å². The molecule has 3 N–H and O–H groups in total. The maximum atomic E-state index is 12.8. The number of aliphatic carboxylic acids is 1. The lowest BCUT2D eigenvalue weighted by Gasteiger charge is -2.30. The monoisotopic (exact) mass is 330 g/mol. The summed E-state index contributed by atoms with van der Waals surface area (Å²) in [4.78, 5) is 26.3. The molecule has 5 nitrogen and oxygen atoms in total. The van der Waals surface area contributed by atoms with Crippen molar-refractivity contribution in [2.75, 3.05) is 19.6 Å². The topological polar surface area (TPSA) is 83.6 Å². The van der Waals surface area contributed by atoms with Crippen molar-refractivity contribution in [3.8, 4) is 0 Å². The number of hydrogen-bond acceptors (Lipinski definition) is 3. The van der Waals surface area contributed by atoms with Crippen molar-refractivity contribution in [1.82, 2.24) is 4.90 Å². The Morgan fingerprint density at radius 1 is 1.08 bits per heavy atom. The normalized spacial score (nSPS) is 30.3. The fraction of sp³-hybridized carbons (Fsp3) is 0.579. The average molecular weight is 330 g/mol. The van der Waals surface area contributed by atoms with Gasteiger partial charge in [-0.25, -0.2) is 0 Å². The summed E-state index contributed by atoms with van der Waals surface area (Å²) in [5.74, 6) is -0.737. The zero-order chi connectivity index (χ0) is 17.1. The van der Waals surface area contributed by atoms with E-state index in [0.717, 1.165) is 31.2 Å². The summed E-state index contributed by atoms with van der Waals surface area (Å²) in [6.07, 6.45) is 3.77. The Kier molecular flexibility index (Phi) is 5.19. The summed E-state index contributed by atoms with van der Waals surface area (Å²) in [5.41, 5.74) is 6.73. The number of amides is 1. The van der Waals surface area contributed by atoms with Crippen LogP contribution >= 0.6 is 0 Å². The molecule has 24 heavy (non-hydrogen) atoms. The number of nitrogens with two attached hydrogens (primary N) is 1. The molecule has 0 spiro atoms. The number of carbonyl (C=O) groups is 2. The predicted molar refractivity (Wildman–Crippen MR) is 91.4 cm³/mol. The van der Waals surface area contributed by atoms with Gasteiger partial charge in [0.25, 0.3) is 0 Å². The quantitative estimate of drug-likeness (QED) is 0.885. The van der Waals surface area contributed by atoms with Crippen molar-refractivity contribution in [3.05, 3.63) is 35.9 Å². The van der Waals surface area contributed by atoms with Crippen LogP contribution in [0.3, 0.4) is 0 Å². The first-order chi connectivity index (χ1) is 11.6. The van der Waals surface area contributed by atoms with E-state index in [1.54, 1.807) is 4.90 Å². The molecule has 1 aromatic carbocycles. The van der Waals surface area contributed by atoms with Crippen LogP contribution in [-0.2, 0) is 9.59 Å². The molecule has 0 unspecified atom stereocenters. The Balaban J connectivity index is 1.69. The molecule has 5 heteroatoms. The molecular formula is C19H26N2O3. The van der Waals surface area contributed by atoms with Crippen LogP contribution in [0.1, 0.15) is 37.2 Å². The van der Waals surface area contributed by atoms with Crippen LogP contribution in [0.4, 0.5) is 0 Å². The smallest absolute Gasteiger partial charge is 0.308 e. The summed E-state index contributed by atoms with van der Waals surface area (Å²) < 4.78 is 0. The van der Waals surface area contributed by atoms with E-state index in [0.29, 0.717) is 25.6 Å². The van der Waals surface area contributed by atoms with Crippen LogP contribution in [-0.4, -0.2) is 41.5 Å². The summed E-state index contributed by atoms with van der Waals surface area (Å²) in [6, 6.07) is 9.69. The van der Waals surface area contributed by atoms with Crippen LogP contribution in [0, 0.1) is 17.8 Å². The van der Waals surface area contributed by atoms with Gasteiger partial charge in [-0.1, -0.05) is 30.3 Å². The molecule has 0 radical (unpaired) electrons. The minimum Gasteiger partial charge on any atom is -0.481 e. The number of rotatable bonds is 4. The van der Waals surface area contributed by atoms with E-state index in [2.05, 4.69) is 0 Å². The third-order valence-corrected chi connectivity index (χ3v) is 5.71. The number of nitrogens with zero attached hydrogens (tertiary/aromatic N) is 1. The highest BCUT2D eigenvalue weighted by molar-refractivity contribution is 5.81. The SMILES string of the molecule is NCC1CCC(C(=O)N2C[C@@H](C(=O)O)[C@H](c3ccccc3)C2)CC1. The second-order valence-electron chi connectivity index (χ2n) is 7.16. The van der Waals surface area contributed by atoms with Gasteiger partial charge < -0.3 is 15.7 Å². The summed E-state index contributed by atoms with van der Waals surface area (Å²) >= 11 is 0. The number of carboxylic acid groups (broad SMARTS) is 1. The first-order valence-corrected chi connectivity index (χ1v) is 8.86. The van der Waals surface area contributed by atoms with Gasteiger partial charge in [-0.2, -0.15) is 0 Å². The van der Waals surface area contributed by atoms with Gasteiger partial charge in [-0.15, -0.1) is 0 Å². The second-order valence-corrected chi connectivity index (χ2v) is 7.16. The number of benzene rings is 1. The Morgan fingerprint density at radius 3 is 2.33 bits per heavy atom. The maximum absolute atomic E-state index is 12.8. The first kappa shape index (κ1) is 17.0. The molecule has 1 saturated carbocycles. The second kappa shape index (κ2) is 7.34. The van der Waals surface area contributed by atoms with E-state index in [4.69, 9.17) is 5.73 Å². The molecule has 1 amide bonds. The van der Waals surface area contributed by atoms with Crippen molar-refractivity contribution >= 4 is 11.9 Å². The van der Waals surface area contributed by atoms with E-state index in [1.165, 1.54) is 0 Å². The van der Waals surface area contributed by atoms with Gasteiger partial charge in [0, 0.05) is 24.9 Å². The van der Waals surface area contributed by atoms with Crippen molar-refractivity contribution in [3.63, 3.8) is 0 Å². The number of carboxylic acids is 1. The Bertz CT molecular complexity index is 582. The van der Waals surface area contributed by atoms with Crippen LogP contribution in [0.15, 0.2) is 30.3 Å². The minimum absolute atomic E-state index is 0.0387. The van der Waals surface area contributed by atoms with Gasteiger partial charge >= 0.3 is 5.97 Å². The lowest BCUT2D eigenvalue weighted by molar-refractivity contribution is -0.142. The van der Waals surface area contributed by atoms with E-state index >= 15 is 0 Å².